The van der Waals surface area contributed by atoms with Crippen LogP contribution in [-0.4, -0.2) is 54.8 Å². The molecule has 0 atom stereocenters. The second-order valence-electron chi connectivity index (χ2n) is 8.78. The lowest BCUT2D eigenvalue weighted by Crippen LogP contribution is -2.45. The maximum atomic E-state index is 12.9. The SMILES string of the molecule is COC/C=C1\N(CC2CCCCC2)C(=O)OC12CCN(Cc1ccccc1)CC2. The average molecular weight is 399 g/mol. The monoisotopic (exact) mass is 398 g/mol. The summed E-state index contributed by atoms with van der Waals surface area (Å²) in [5.74, 6) is 0.593. The van der Waals surface area contributed by atoms with Gasteiger partial charge in [-0.2, -0.15) is 0 Å². The normalized spacial score (nSPS) is 24.4. The second-order valence-corrected chi connectivity index (χ2v) is 8.78. The van der Waals surface area contributed by atoms with Crippen LogP contribution in [-0.2, 0) is 16.0 Å². The van der Waals surface area contributed by atoms with Crippen LogP contribution in [0.2, 0.25) is 0 Å². The Morgan fingerprint density at radius 2 is 1.86 bits per heavy atom. The van der Waals surface area contributed by atoms with Gasteiger partial charge in [-0.1, -0.05) is 49.6 Å². The minimum absolute atomic E-state index is 0.158. The average Bonchev–Trinajstić information content (AvgIpc) is 3.00. The number of piperidine rings is 1. The fourth-order valence-corrected chi connectivity index (χ4v) is 5.15. The number of benzene rings is 1. The lowest BCUT2D eigenvalue weighted by atomic mass is 9.85. The van der Waals surface area contributed by atoms with E-state index in [0.717, 1.165) is 44.7 Å². The number of ether oxygens (including phenoxy) is 2. The van der Waals surface area contributed by atoms with Crippen molar-refractivity contribution in [3.63, 3.8) is 0 Å². The van der Waals surface area contributed by atoms with E-state index in [1.54, 1.807) is 7.11 Å². The third-order valence-corrected chi connectivity index (χ3v) is 6.78. The number of rotatable bonds is 6. The predicted molar refractivity (Wildman–Crippen MR) is 113 cm³/mol. The van der Waals surface area contributed by atoms with Gasteiger partial charge in [-0.3, -0.25) is 9.80 Å². The molecule has 1 spiro atoms. The van der Waals surface area contributed by atoms with Crippen molar-refractivity contribution in [2.24, 2.45) is 5.92 Å². The van der Waals surface area contributed by atoms with E-state index >= 15 is 0 Å². The molecule has 0 unspecified atom stereocenters. The quantitative estimate of drug-likeness (QED) is 0.703. The van der Waals surface area contributed by atoms with Crippen molar-refractivity contribution in [1.29, 1.82) is 0 Å². The minimum atomic E-state index is -0.475. The largest absolute Gasteiger partial charge is 0.436 e. The molecule has 4 rings (SSSR count). The molecule has 3 aliphatic rings. The Balaban J connectivity index is 1.45. The molecule has 2 heterocycles. The zero-order valence-corrected chi connectivity index (χ0v) is 17.6. The Hall–Kier alpha value is -1.85. The van der Waals surface area contributed by atoms with E-state index in [2.05, 4.69) is 41.3 Å². The van der Waals surface area contributed by atoms with E-state index in [1.165, 1.54) is 37.7 Å². The topological polar surface area (TPSA) is 42.0 Å². The molecular weight excluding hydrogens is 364 g/mol. The van der Waals surface area contributed by atoms with E-state index in [0.29, 0.717) is 12.5 Å². The van der Waals surface area contributed by atoms with Gasteiger partial charge in [-0.25, -0.2) is 4.79 Å². The van der Waals surface area contributed by atoms with E-state index in [9.17, 15) is 4.79 Å². The first kappa shape index (κ1) is 20.4. The van der Waals surface area contributed by atoms with Gasteiger partial charge in [-0.05, 0) is 30.4 Å². The van der Waals surface area contributed by atoms with Crippen molar-refractivity contribution in [2.75, 3.05) is 33.4 Å². The van der Waals surface area contributed by atoms with Gasteiger partial charge in [0.1, 0.15) is 0 Å². The number of amides is 1. The van der Waals surface area contributed by atoms with Gasteiger partial charge in [0.25, 0.3) is 0 Å². The number of carbonyl (C=O) groups is 1. The van der Waals surface area contributed by atoms with Crippen molar-refractivity contribution in [1.82, 2.24) is 9.80 Å². The first-order chi connectivity index (χ1) is 14.2. The summed E-state index contributed by atoms with van der Waals surface area (Å²) in [4.78, 5) is 17.3. The molecule has 1 aliphatic carbocycles. The van der Waals surface area contributed by atoms with Crippen LogP contribution in [0.4, 0.5) is 4.79 Å². The molecule has 0 N–H and O–H groups in total. The van der Waals surface area contributed by atoms with Crippen LogP contribution in [0.25, 0.3) is 0 Å². The van der Waals surface area contributed by atoms with E-state index in [4.69, 9.17) is 9.47 Å². The van der Waals surface area contributed by atoms with Crippen molar-refractivity contribution >= 4 is 6.09 Å². The number of hydrogen-bond donors (Lipinski definition) is 0. The molecule has 0 aromatic heterocycles. The summed E-state index contributed by atoms with van der Waals surface area (Å²) in [6.07, 6.45) is 9.96. The Bertz CT molecular complexity index is 704. The zero-order valence-electron chi connectivity index (χ0n) is 17.6. The first-order valence-corrected chi connectivity index (χ1v) is 11.2. The highest BCUT2D eigenvalue weighted by Crippen LogP contribution is 2.42. The predicted octanol–water partition coefficient (Wildman–Crippen LogP) is 4.58. The Kier molecular flexibility index (Phi) is 6.56. The van der Waals surface area contributed by atoms with Gasteiger partial charge in [0.2, 0.25) is 0 Å². The van der Waals surface area contributed by atoms with E-state index in [-0.39, 0.29) is 6.09 Å². The molecule has 1 aromatic carbocycles. The molecule has 0 radical (unpaired) electrons. The van der Waals surface area contributed by atoms with Crippen LogP contribution in [0, 0.1) is 5.92 Å². The molecule has 5 heteroatoms. The standard InChI is InChI=1S/C24H34N2O3/c1-28-17-12-22-24(29-23(27)26(22)19-21-10-6-3-7-11-21)13-15-25(16-14-24)18-20-8-4-2-5-9-20/h2,4-5,8-9,12,21H,3,6-7,10-11,13-19H2,1H3/b22-12-. The zero-order chi connectivity index (χ0) is 20.1. The number of nitrogens with zero attached hydrogens (tertiary/aromatic N) is 2. The van der Waals surface area contributed by atoms with Gasteiger partial charge < -0.3 is 9.47 Å². The van der Waals surface area contributed by atoms with Crippen LogP contribution < -0.4 is 0 Å². The fraction of sp³-hybridized carbons (Fsp3) is 0.625. The molecule has 3 fully saturated rings. The smallest absolute Gasteiger partial charge is 0.415 e. The highest BCUT2D eigenvalue weighted by atomic mass is 16.6. The van der Waals surface area contributed by atoms with E-state index in [1.807, 2.05) is 4.90 Å². The molecule has 1 amide bonds. The molecule has 2 saturated heterocycles. The van der Waals surface area contributed by atoms with Gasteiger partial charge in [0.15, 0.2) is 5.60 Å². The Morgan fingerprint density at radius 3 is 2.55 bits per heavy atom. The first-order valence-electron chi connectivity index (χ1n) is 11.2. The summed E-state index contributed by atoms with van der Waals surface area (Å²) in [6.45, 7) is 4.13. The third kappa shape index (κ3) is 4.67. The van der Waals surface area contributed by atoms with Crippen molar-refractivity contribution < 1.29 is 14.3 Å². The summed E-state index contributed by atoms with van der Waals surface area (Å²) in [5.41, 5.74) is 1.91. The van der Waals surface area contributed by atoms with Gasteiger partial charge >= 0.3 is 6.09 Å². The molecule has 29 heavy (non-hydrogen) atoms. The lowest BCUT2D eigenvalue weighted by Gasteiger charge is -2.39. The third-order valence-electron chi connectivity index (χ3n) is 6.78. The molecule has 158 valence electrons. The van der Waals surface area contributed by atoms with Crippen molar-refractivity contribution in [3.05, 3.63) is 47.7 Å². The Morgan fingerprint density at radius 1 is 1.14 bits per heavy atom. The molecule has 5 nitrogen and oxygen atoms in total. The van der Waals surface area contributed by atoms with Gasteiger partial charge in [0, 0.05) is 46.1 Å². The molecule has 0 bridgehead atoms. The lowest BCUT2D eigenvalue weighted by molar-refractivity contribution is 0.0120. The van der Waals surface area contributed by atoms with Crippen LogP contribution in [0.5, 0.6) is 0 Å². The van der Waals surface area contributed by atoms with Crippen LogP contribution in [0.3, 0.4) is 0 Å². The van der Waals surface area contributed by atoms with Gasteiger partial charge in [0.05, 0.1) is 12.3 Å². The molecule has 1 saturated carbocycles. The summed E-state index contributed by atoms with van der Waals surface area (Å²) in [6, 6.07) is 10.6. The molecule has 2 aliphatic heterocycles. The van der Waals surface area contributed by atoms with Crippen molar-refractivity contribution in [3.8, 4) is 0 Å². The summed E-state index contributed by atoms with van der Waals surface area (Å²) >= 11 is 0. The van der Waals surface area contributed by atoms with E-state index < -0.39 is 5.60 Å². The molecule has 1 aromatic rings. The summed E-state index contributed by atoms with van der Waals surface area (Å²) in [7, 11) is 1.70. The highest BCUT2D eigenvalue weighted by molar-refractivity contribution is 5.75. The number of carbonyl (C=O) groups excluding carboxylic acids is 1. The number of likely N-dealkylation sites (tertiary alicyclic amines) is 1. The maximum Gasteiger partial charge on any atom is 0.415 e. The summed E-state index contributed by atoms with van der Waals surface area (Å²) in [5, 5.41) is 0. The number of hydrogen-bond acceptors (Lipinski definition) is 4. The summed E-state index contributed by atoms with van der Waals surface area (Å²) < 4.78 is 11.4. The maximum absolute atomic E-state index is 12.9. The Labute approximate surface area is 174 Å². The van der Waals surface area contributed by atoms with Crippen LogP contribution in [0.1, 0.15) is 50.5 Å². The van der Waals surface area contributed by atoms with Crippen LogP contribution >= 0.6 is 0 Å². The van der Waals surface area contributed by atoms with Gasteiger partial charge in [-0.15, -0.1) is 0 Å². The highest BCUT2D eigenvalue weighted by Gasteiger charge is 2.51. The second kappa shape index (κ2) is 9.31. The van der Waals surface area contributed by atoms with Crippen molar-refractivity contribution in [2.45, 2.75) is 57.1 Å². The van der Waals surface area contributed by atoms with Crippen LogP contribution in [0.15, 0.2) is 42.1 Å². The number of methoxy groups -OCH3 is 1. The minimum Gasteiger partial charge on any atom is -0.436 e. The fourth-order valence-electron chi connectivity index (χ4n) is 5.15. The molecular formula is C24H34N2O3.